The number of carbonyl (C=O) groups is 2. The summed E-state index contributed by atoms with van der Waals surface area (Å²) in [5, 5.41) is 3.48. The van der Waals surface area contributed by atoms with E-state index in [0.717, 1.165) is 5.69 Å². The third-order valence-corrected chi connectivity index (χ3v) is 3.62. The lowest BCUT2D eigenvalue weighted by Gasteiger charge is -2.09. The summed E-state index contributed by atoms with van der Waals surface area (Å²) in [6, 6.07) is 13.6. The lowest BCUT2D eigenvalue weighted by Crippen LogP contribution is -2.18. The molecule has 2 aromatic rings. The van der Waals surface area contributed by atoms with Crippen LogP contribution in [0.15, 0.2) is 60.3 Å². The highest BCUT2D eigenvalue weighted by atomic mass is 35.5. The van der Waals surface area contributed by atoms with Crippen molar-refractivity contribution in [3.63, 3.8) is 0 Å². The number of rotatable bonds is 6. The van der Waals surface area contributed by atoms with E-state index in [4.69, 9.17) is 27.9 Å². The van der Waals surface area contributed by atoms with E-state index in [1.165, 1.54) is 24.4 Å². The third kappa shape index (κ3) is 4.60. The average molecular weight is 364 g/mol. The van der Waals surface area contributed by atoms with Crippen LogP contribution in [0.4, 0.5) is 5.69 Å². The van der Waals surface area contributed by atoms with Gasteiger partial charge in [0.15, 0.2) is 0 Å². The normalized spacial score (nSPS) is 11.0. The molecule has 0 unspecified atom stereocenters. The van der Waals surface area contributed by atoms with Crippen molar-refractivity contribution < 1.29 is 14.3 Å². The van der Waals surface area contributed by atoms with Gasteiger partial charge in [0.1, 0.15) is 5.57 Å². The number of nitrogens with one attached hydrogen (secondary N) is 1. The van der Waals surface area contributed by atoms with E-state index in [1.807, 2.05) is 18.2 Å². The summed E-state index contributed by atoms with van der Waals surface area (Å²) in [7, 11) is 0. The fraction of sp³-hybridized carbons (Fsp3) is 0.111. The molecule has 0 fully saturated rings. The van der Waals surface area contributed by atoms with Gasteiger partial charge in [-0.25, -0.2) is 4.79 Å². The van der Waals surface area contributed by atoms with Crippen LogP contribution in [0.5, 0.6) is 0 Å². The van der Waals surface area contributed by atoms with Crippen LogP contribution >= 0.6 is 23.2 Å². The summed E-state index contributed by atoms with van der Waals surface area (Å²) in [5.41, 5.74) is 0.759. The van der Waals surface area contributed by atoms with Gasteiger partial charge in [0.2, 0.25) is 5.78 Å². The smallest absolute Gasteiger partial charge is 0.343 e. The Morgan fingerprint density at radius 3 is 2.46 bits per heavy atom. The number of ketones is 1. The highest BCUT2D eigenvalue weighted by Crippen LogP contribution is 2.24. The van der Waals surface area contributed by atoms with E-state index in [9.17, 15) is 9.59 Å². The van der Waals surface area contributed by atoms with Gasteiger partial charge >= 0.3 is 5.97 Å². The molecule has 4 nitrogen and oxygen atoms in total. The Balaban J connectivity index is 2.34. The first kappa shape index (κ1) is 18.0. The van der Waals surface area contributed by atoms with Crippen molar-refractivity contribution in [1.29, 1.82) is 0 Å². The van der Waals surface area contributed by atoms with Crippen molar-refractivity contribution in [3.8, 4) is 0 Å². The summed E-state index contributed by atoms with van der Waals surface area (Å²) in [4.78, 5) is 24.8. The second-order valence-corrected chi connectivity index (χ2v) is 5.59. The van der Waals surface area contributed by atoms with Crippen LogP contribution in [0.25, 0.3) is 0 Å². The first-order valence-electron chi connectivity index (χ1n) is 7.21. The maximum absolute atomic E-state index is 12.7. The molecule has 24 heavy (non-hydrogen) atoms. The molecule has 0 aliphatic heterocycles. The summed E-state index contributed by atoms with van der Waals surface area (Å²) < 4.78 is 4.96. The van der Waals surface area contributed by atoms with E-state index in [1.54, 1.807) is 19.1 Å². The molecule has 2 aromatic carbocycles. The van der Waals surface area contributed by atoms with Crippen molar-refractivity contribution in [3.05, 3.63) is 75.9 Å². The molecule has 0 radical (unpaired) electrons. The molecule has 0 aliphatic carbocycles. The molecule has 0 aromatic heterocycles. The molecule has 1 N–H and O–H groups in total. The second-order valence-electron chi connectivity index (χ2n) is 4.74. The number of halogens is 2. The molecule has 0 aliphatic rings. The molecule has 2 rings (SSSR count). The number of Topliss-reactive ketones (excluding diaryl/α,β-unsaturated/α-hetero) is 1. The second kappa shape index (κ2) is 8.52. The van der Waals surface area contributed by atoms with Gasteiger partial charge in [-0.3, -0.25) is 4.79 Å². The van der Waals surface area contributed by atoms with E-state index in [2.05, 4.69) is 5.32 Å². The van der Waals surface area contributed by atoms with E-state index in [-0.39, 0.29) is 22.8 Å². The molecule has 6 heteroatoms. The standard InChI is InChI=1S/C18H15Cl2NO3/c1-2-24-18(23)15(11-21-13-6-4-3-5-7-13)17(22)14-9-8-12(19)10-16(14)20/h3-11,21H,2H2,1H3. The first-order chi connectivity index (χ1) is 11.5. The molecule has 0 saturated heterocycles. The molecule has 0 saturated carbocycles. The van der Waals surface area contributed by atoms with Crippen LogP contribution in [0.1, 0.15) is 17.3 Å². The van der Waals surface area contributed by atoms with Gasteiger partial charge in [0, 0.05) is 22.5 Å². The van der Waals surface area contributed by atoms with Crippen LogP contribution < -0.4 is 5.32 Å². The fourth-order valence-corrected chi connectivity index (χ4v) is 2.43. The number of anilines is 1. The van der Waals surface area contributed by atoms with Crippen molar-refractivity contribution in [2.24, 2.45) is 0 Å². The highest BCUT2D eigenvalue weighted by molar-refractivity contribution is 6.39. The number of ether oxygens (including phenoxy) is 1. The van der Waals surface area contributed by atoms with Crippen LogP contribution in [-0.4, -0.2) is 18.4 Å². The minimum absolute atomic E-state index is 0.148. The minimum Gasteiger partial charge on any atom is -0.462 e. The summed E-state index contributed by atoms with van der Waals surface area (Å²) in [6.07, 6.45) is 1.32. The molecular formula is C18H15Cl2NO3. The van der Waals surface area contributed by atoms with E-state index < -0.39 is 11.8 Å². The predicted octanol–water partition coefficient (Wildman–Crippen LogP) is 4.74. The van der Waals surface area contributed by atoms with Gasteiger partial charge in [-0.15, -0.1) is 0 Å². The Morgan fingerprint density at radius 2 is 1.83 bits per heavy atom. The number of hydrogen-bond donors (Lipinski definition) is 1. The van der Waals surface area contributed by atoms with Gasteiger partial charge in [-0.2, -0.15) is 0 Å². The van der Waals surface area contributed by atoms with Crippen molar-refractivity contribution in [1.82, 2.24) is 0 Å². The fourth-order valence-electron chi connectivity index (χ4n) is 1.93. The van der Waals surface area contributed by atoms with Crippen LogP contribution in [0.3, 0.4) is 0 Å². The van der Waals surface area contributed by atoms with E-state index >= 15 is 0 Å². The van der Waals surface area contributed by atoms with Gasteiger partial charge in [-0.05, 0) is 37.3 Å². The first-order valence-corrected chi connectivity index (χ1v) is 7.97. The summed E-state index contributed by atoms with van der Waals surface area (Å²) >= 11 is 11.9. The van der Waals surface area contributed by atoms with Gasteiger partial charge in [0.05, 0.1) is 11.6 Å². The van der Waals surface area contributed by atoms with Crippen molar-refractivity contribution in [2.45, 2.75) is 6.92 Å². The van der Waals surface area contributed by atoms with Gasteiger partial charge < -0.3 is 10.1 Å². The van der Waals surface area contributed by atoms with Crippen LogP contribution in [0, 0.1) is 0 Å². The summed E-state index contributed by atoms with van der Waals surface area (Å²) in [5.74, 6) is -1.27. The molecule has 124 valence electrons. The summed E-state index contributed by atoms with van der Waals surface area (Å²) in [6.45, 7) is 1.82. The topological polar surface area (TPSA) is 55.4 Å². The predicted molar refractivity (Wildman–Crippen MR) is 95.6 cm³/mol. The van der Waals surface area contributed by atoms with Gasteiger partial charge in [0.25, 0.3) is 0 Å². The van der Waals surface area contributed by atoms with Gasteiger partial charge in [-0.1, -0.05) is 41.4 Å². The molecule has 0 bridgehead atoms. The SMILES string of the molecule is CCOC(=O)C(=CNc1ccccc1)C(=O)c1ccc(Cl)cc1Cl. The minimum atomic E-state index is -0.725. The molecule has 0 spiro atoms. The average Bonchev–Trinajstić information content (AvgIpc) is 2.56. The zero-order valence-electron chi connectivity index (χ0n) is 12.9. The maximum atomic E-state index is 12.7. The number of hydrogen-bond acceptors (Lipinski definition) is 4. The highest BCUT2D eigenvalue weighted by Gasteiger charge is 2.23. The maximum Gasteiger partial charge on any atom is 0.343 e. The van der Waals surface area contributed by atoms with Crippen molar-refractivity contribution >= 4 is 40.6 Å². The molecular weight excluding hydrogens is 349 g/mol. The Morgan fingerprint density at radius 1 is 1.12 bits per heavy atom. The molecule has 0 heterocycles. The monoisotopic (exact) mass is 363 g/mol. The number of carbonyl (C=O) groups excluding carboxylic acids is 2. The van der Waals surface area contributed by atoms with E-state index in [0.29, 0.717) is 5.02 Å². The number of esters is 1. The number of benzene rings is 2. The third-order valence-electron chi connectivity index (χ3n) is 3.07. The Kier molecular flexibility index (Phi) is 6.41. The van der Waals surface area contributed by atoms with Crippen molar-refractivity contribution in [2.75, 3.05) is 11.9 Å². The number of para-hydroxylation sites is 1. The Hall–Kier alpha value is -2.30. The lowest BCUT2D eigenvalue weighted by atomic mass is 10.0. The Labute approximate surface area is 150 Å². The Bertz CT molecular complexity index is 773. The zero-order valence-corrected chi connectivity index (χ0v) is 14.4. The van der Waals surface area contributed by atoms with Crippen LogP contribution in [-0.2, 0) is 9.53 Å². The van der Waals surface area contributed by atoms with Crippen LogP contribution in [0.2, 0.25) is 10.0 Å². The molecule has 0 amide bonds. The largest absolute Gasteiger partial charge is 0.462 e. The lowest BCUT2D eigenvalue weighted by molar-refractivity contribution is -0.138. The molecule has 0 atom stereocenters. The quantitative estimate of drug-likeness (QED) is 0.265. The zero-order chi connectivity index (χ0) is 17.5.